The summed E-state index contributed by atoms with van der Waals surface area (Å²) in [6, 6.07) is 0.00194. The Bertz CT molecular complexity index is 171. The Balaban J connectivity index is 3.76. The first-order valence-electron chi connectivity index (χ1n) is 5.21. The second-order valence-corrected chi connectivity index (χ2v) is 4.16. The quantitative estimate of drug-likeness (QED) is 0.570. The summed E-state index contributed by atoms with van der Waals surface area (Å²) in [5, 5.41) is 5.99. The Morgan fingerprint density at radius 3 is 2.29 bits per heavy atom. The van der Waals surface area contributed by atoms with Crippen LogP contribution in [-0.2, 0) is 4.79 Å². The van der Waals surface area contributed by atoms with Gasteiger partial charge in [-0.05, 0) is 19.8 Å². The van der Waals surface area contributed by atoms with Crippen molar-refractivity contribution in [3.63, 3.8) is 0 Å². The van der Waals surface area contributed by atoms with Crippen molar-refractivity contribution < 1.29 is 4.79 Å². The Hall–Kier alpha value is -0.610. The molecule has 0 heterocycles. The predicted octanol–water partition coefficient (Wildman–Crippen LogP) is 0.0839. The summed E-state index contributed by atoms with van der Waals surface area (Å²) in [5.41, 5.74) is 5.45. The smallest absolute Gasteiger partial charge is 0.236 e. The number of hydrogen-bond acceptors (Lipinski definition) is 3. The van der Waals surface area contributed by atoms with E-state index in [1.54, 1.807) is 0 Å². The molecule has 4 nitrogen and oxygen atoms in total. The molecule has 0 bridgehead atoms. The third kappa shape index (κ3) is 5.94. The van der Waals surface area contributed by atoms with Crippen LogP contribution in [0.2, 0.25) is 0 Å². The Morgan fingerprint density at radius 2 is 1.86 bits per heavy atom. The highest BCUT2D eigenvalue weighted by molar-refractivity contribution is 5.81. The molecule has 0 aliphatic heterocycles. The van der Waals surface area contributed by atoms with Crippen LogP contribution in [0, 0.1) is 5.92 Å². The van der Waals surface area contributed by atoms with Crippen molar-refractivity contribution in [3.05, 3.63) is 0 Å². The molecule has 0 aliphatic rings. The van der Waals surface area contributed by atoms with E-state index in [9.17, 15) is 4.79 Å². The minimum absolute atomic E-state index is 0.0407. The lowest BCUT2D eigenvalue weighted by molar-refractivity contribution is -0.123. The van der Waals surface area contributed by atoms with Crippen molar-refractivity contribution in [1.82, 2.24) is 10.6 Å². The van der Waals surface area contributed by atoms with Gasteiger partial charge in [0.25, 0.3) is 0 Å². The molecule has 0 aromatic rings. The van der Waals surface area contributed by atoms with E-state index in [2.05, 4.69) is 24.5 Å². The fourth-order valence-electron chi connectivity index (χ4n) is 1.03. The first kappa shape index (κ1) is 13.4. The van der Waals surface area contributed by atoms with Gasteiger partial charge in [-0.2, -0.15) is 0 Å². The average Bonchev–Trinajstić information content (AvgIpc) is 2.13. The maximum Gasteiger partial charge on any atom is 0.236 e. The van der Waals surface area contributed by atoms with E-state index < -0.39 is 0 Å². The number of carbonyl (C=O) groups excluding carboxylic acids is 1. The topological polar surface area (TPSA) is 67.2 Å². The molecular weight excluding hydrogens is 178 g/mol. The molecule has 1 amide bonds. The van der Waals surface area contributed by atoms with Crippen molar-refractivity contribution in [2.75, 3.05) is 13.1 Å². The van der Waals surface area contributed by atoms with Crippen LogP contribution in [-0.4, -0.2) is 31.1 Å². The molecule has 2 atom stereocenters. The van der Waals surface area contributed by atoms with E-state index in [1.165, 1.54) is 0 Å². The van der Waals surface area contributed by atoms with E-state index in [1.807, 2.05) is 13.8 Å². The van der Waals surface area contributed by atoms with Crippen molar-refractivity contribution in [2.24, 2.45) is 11.7 Å². The highest BCUT2D eigenvalue weighted by Gasteiger charge is 2.13. The van der Waals surface area contributed by atoms with Gasteiger partial charge in [-0.25, -0.2) is 0 Å². The van der Waals surface area contributed by atoms with E-state index in [4.69, 9.17) is 5.73 Å². The summed E-state index contributed by atoms with van der Waals surface area (Å²) < 4.78 is 0. The number of amides is 1. The SMILES string of the molecule is CC(C)CNC(=O)C(C)NC(C)CN. The van der Waals surface area contributed by atoms with Crippen molar-refractivity contribution in [1.29, 1.82) is 0 Å². The molecule has 0 aromatic heterocycles. The van der Waals surface area contributed by atoms with Gasteiger partial charge < -0.3 is 16.4 Å². The summed E-state index contributed by atoms with van der Waals surface area (Å²) in [7, 11) is 0. The largest absolute Gasteiger partial charge is 0.354 e. The van der Waals surface area contributed by atoms with Crippen LogP contribution < -0.4 is 16.4 Å². The van der Waals surface area contributed by atoms with Crippen molar-refractivity contribution in [2.45, 2.75) is 39.8 Å². The molecule has 0 radical (unpaired) electrons. The normalized spacial score (nSPS) is 15.3. The average molecular weight is 201 g/mol. The zero-order valence-corrected chi connectivity index (χ0v) is 9.63. The Kier molecular flexibility index (Phi) is 6.49. The minimum atomic E-state index is -0.174. The van der Waals surface area contributed by atoms with Gasteiger partial charge in [-0.15, -0.1) is 0 Å². The molecule has 0 fully saturated rings. The predicted molar refractivity (Wildman–Crippen MR) is 59.0 cm³/mol. The fourth-order valence-corrected chi connectivity index (χ4v) is 1.03. The first-order valence-corrected chi connectivity index (χ1v) is 5.21. The zero-order valence-electron chi connectivity index (χ0n) is 9.63. The van der Waals surface area contributed by atoms with Gasteiger partial charge in [0.05, 0.1) is 6.04 Å². The Labute approximate surface area is 86.6 Å². The molecule has 0 spiro atoms. The molecule has 0 aliphatic carbocycles. The van der Waals surface area contributed by atoms with Gasteiger partial charge in [0, 0.05) is 19.1 Å². The van der Waals surface area contributed by atoms with E-state index in [-0.39, 0.29) is 18.0 Å². The van der Waals surface area contributed by atoms with E-state index in [0.717, 1.165) is 6.54 Å². The van der Waals surface area contributed by atoms with Crippen LogP contribution in [0.3, 0.4) is 0 Å². The summed E-state index contributed by atoms with van der Waals surface area (Å²) in [4.78, 5) is 11.5. The van der Waals surface area contributed by atoms with Crippen LogP contribution in [0.5, 0.6) is 0 Å². The molecule has 0 aromatic carbocycles. The summed E-state index contributed by atoms with van der Waals surface area (Å²) in [6.45, 7) is 9.22. The summed E-state index contributed by atoms with van der Waals surface area (Å²) >= 11 is 0. The first-order chi connectivity index (χ1) is 6.47. The number of carbonyl (C=O) groups is 1. The summed E-state index contributed by atoms with van der Waals surface area (Å²) in [5.74, 6) is 0.525. The molecule has 0 saturated carbocycles. The molecule has 4 N–H and O–H groups in total. The van der Waals surface area contributed by atoms with Gasteiger partial charge in [0.1, 0.15) is 0 Å². The molecule has 0 saturated heterocycles. The highest BCUT2D eigenvalue weighted by atomic mass is 16.2. The van der Waals surface area contributed by atoms with Crippen molar-refractivity contribution in [3.8, 4) is 0 Å². The highest BCUT2D eigenvalue weighted by Crippen LogP contribution is 1.90. The van der Waals surface area contributed by atoms with Crippen LogP contribution in [0.1, 0.15) is 27.7 Å². The van der Waals surface area contributed by atoms with Gasteiger partial charge in [-0.1, -0.05) is 13.8 Å². The van der Waals surface area contributed by atoms with Crippen molar-refractivity contribution >= 4 is 5.91 Å². The van der Waals surface area contributed by atoms with Gasteiger partial charge in [-0.3, -0.25) is 4.79 Å². The molecule has 84 valence electrons. The van der Waals surface area contributed by atoms with Crippen LogP contribution in [0.25, 0.3) is 0 Å². The molecule has 2 unspecified atom stereocenters. The van der Waals surface area contributed by atoms with Crippen LogP contribution in [0.4, 0.5) is 0 Å². The lowest BCUT2D eigenvalue weighted by Gasteiger charge is -2.18. The molecule has 4 heteroatoms. The third-order valence-electron chi connectivity index (χ3n) is 1.97. The third-order valence-corrected chi connectivity index (χ3v) is 1.97. The van der Waals surface area contributed by atoms with E-state index in [0.29, 0.717) is 12.5 Å². The number of nitrogens with one attached hydrogen (secondary N) is 2. The monoisotopic (exact) mass is 201 g/mol. The number of nitrogens with two attached hydrogens (primary N) is 1. The van der Waals surface area contributed by atoms with Gasteiger partial charge in [0.2, 0.25) is 5.91 Å². The lowest BCUT2D eigenvalue weighted by atomic mass is 10.2. The molecular formula is C10H23N3O. The van der Waals surface area contributed by atoms with Gasteiger partial charge in [0.15, 0.2) is 0 Å². The Morgan fingerprint density at radius 1 is 1.29 bits per heavy atom. The zero-order chi connectivity index (χ0) is 11.1. The second-order valence-electron chi connectivity index (χ2n) is 4.16. The second kappa shape index (κ2) is 6.79. The number of rotatable bonds is 6. The number of hydrogen-bond donors (Lipinski definition) is 3. The maximum atomic E-state index is 11.5. The van der Waals surface area contributed by atoms with Gasteiger partial charge >= 0.3 is 0 Å². The molecule has 0 rings (SSSR count). The fraction of sp³-hybridized carbons (Fsp3) is 0.900. The standard InChI is InChI=1S/C10H23N3O/c1-7(2)6-12-10(14)9(4)13-8(3)5-11/h7-9,13H,5-6,11H2,1-4H3,(H,12,14). The lowest BCUT2D eigenvalue weighted by Crippen LogP contribution is -2.48. The summed E-state index contributed by atoms with van der Waals surface area (Å²) in [6.07, 6.45) is 0. The minimum Gasteiger partial charge on any atom is -0.354 e. The van der Waals surface area contributed by atoms with Crippen LogP contribution >= 0.6 is 0 Å². The van der Waals surface area contributed by atoms with Crippen LogP contribution in [0.15, 0.2) is 0 Å². The van der Waals surface area contributed by atoms with E-state index >= 15 is 0 Å². The maximum absolute atomic E-state index is 11.5. The molecule has 14 heavy (non-hydrogen) atoms.